The molecule has 2 rings (SSSR count). The van der Waals surface area contributed by atoms with Crippen LogP contribution in [0.4, 0.5) is 5.69 Å². The van der Waals surface area contributed by atoms with Crippen LogP contribution in [-0.2, 0) is 14.8 Å². The topological polar surface area (TPSA) is 78.9 Å². The van der Waals surface area contributed by atoms with Crippen LogP contribution >= 0.6 is 0 Å². The van der Waals surface area contributed by atoms with Crippen molar-refractivity contribution in [2.75, 3.05) is 24.0 Å². The molecule has 28 heavy (non-hydrogen) atoms. The van der Waals surface area contributed by atoms with Gasteiger partial charge in [0.2, 0.25) is 10.0 Å². The smallest absolute Gasteiger partial charge is 0.245 e. The van der Waals surface area contributed by atoms with Gasteiger partial charge in [-0.05, 0) is 43.4 Å². The summed E-state index contributed by atoms with van der Waals surface area (Å²) in [5.41, 5.74) is 4.18. The second kappa shape index (κ2) is 10.6. The average Bonchev–Trinajstić information content (AvgIpc) is 2.63. The molecule has 1 aliphatic carbocycles. The molecule has 0 spiro atoms. The molecule has 1 aromatic rings. The maximum Gasteiger partial charge on any atom is 0.245 e. The van der Waals surface area contributed by atoms with E-state index in [0.717, 1.165) is 61.2 Å². The van der Waals surface area contributed by atoms with Crippen LogP contribution in [0.15, 0.2) is 24.3 Å². The van der Waals surface area contributed by atoms with E-state index in [1.807, 2.05) is 12.1 Å². The molecule has 2 N–H and O–H groups in total. The summed E-state index contributed by atoms with van der Waals surface area (Å²) in [6.07, 6.45) is 9.17. The Morgan fingerprint density at radius 1 is 1.18 bits per heavy atom. The van der Waals surface area contributed by atoms with Crippen LogP contribution in [0.2, 0.25) is 0 Å². The van der Waals surface area contributed by atoms with Gasteiger partial charge in [0.25, 0.3) is 0 Å². The van der Waals surface area contributed by atoms with Crippen LogP contribution in [0.25, 0.3) is 0 Å². The molecule has 1 unspecified atom stereocenters. The SMILES string of the molecule is CCCCCOCNN(c1ccc(C(O)C2(CCC)CCC2)cc1)S(C)(=O)=O. The lowest BCUT2D eigenvalue weighted by molar-refractivity contribution is -0.0440. The van der Waals surface area contributed by atoms with Gasteiger partial charge >= 0.3 is 0 Å². The fraction of sp³-hybridized carbons (Fsp3) is 0.714. The highest BCUT2D eigenvalue weighted by Crippen LogP contribution is 2.53. The third-order valence-electron chi connectivity index (χ3n) is 5.65. The van der Waals surface area contributed by atoms with Crippen molar-refractivity contribution in [2.45, 2.75) is 71.3 Å². The standard InChI is InChI=1S/C21H36N2O4S/c1-4-6-7-16-27-17-22-23(28(3,25)26)19-11-9-18(10-12-19)20(24)21(13-5-2)14-8-15-21/h9-12,20,22,24H,4-8,13-17H2,1-3H3. The molecule has 0 saturated heterocycles. The highest BCUT2D eigenvalue weighted by Gasteiger charge is 2.43. The molecular weight excluding hydrogens is 376 g/mol. The number of nitrogens with zero attached hydrogens (tertiary/aromatic N) is 1. The van der Waals surface area contributed by atoms with Gasteiger partial charge in [0, 0.05) is 12.0 Å². The highest BCUT2D eigenvalue weighted by molar-refractivity contribution is 7.92. The number of anilines is 1. The lowest BCUT2D eigenvalue weighted by Crippen LogP contribution is -2.43. The summed E-state index contributed by atoms with van der Waals surface area (Å²) in [6.45, 7) is 5.00. The monoisotopic (exact) mass is 412 g/mol. The Bertz CT molecular complexity index is 687. The van der Waals surface area contributed by atoms with Crippen LogP contribution in [0.3, 0.4) is 0 Å². The largest absolute Gasteiger partial charge is 0.388 e. The predicted octanol–water partition coefficient (Wildman–Crippen LogP) is 4.13. The number of sulfonamides is 1. The van der Waals surface area contributed by atoms with Gasteiger partial charge in [-0.15, -0.1) is 0 Å². The molecule has 1 atom stereocenters. The minimum atomic E-state index is -3.50. The van der Waals surface area contributed by atoms with Crippen molar-refractivity contribution < 1.29 is 18.3 Å². The second-order valence-corrected chi connectivity index (χ2v) is 9.74. The van der Waals surface area contributed by atoms with E-state index in [1.165, 1.54) is 6.42 Å². The summed E-state index contributed by atoms with van der Waals surface area (Å²) < 4.78 is 31.0. The number of unbranched alkanes of at least 4 members (excludes halogenated alkanes) is 2. The van der Waals surface area contributed by atoms with Gasteiger partial charge in [-0.25, -0.2) is 12.8 Å². The van der Waals surface area contributed by atoms with Crippen molar-refractivity contribution >= 4 is 15.7 Å². The summed E-state index contributed by atoms with van der Waals surface area (Å²) in [7, 11) is -3.50. The number of aliphatic hydroxyl groups is 1. The first-order chi connectivity index (χ1) is 13.3. The maximum absolute atomic E-state index is 12.2. The molecule has 6 nitrogen and oxygen atoms in total. The first-order valence-corrected chi connectivity index (χ1v) is 12.3. The number of rotatable bonds is 13. The van der Waals surface area contributed by atoms with Crippen LogP contribution in [0.1, 0.15) is 76.9 Å². The summed E-state index contributed by atoms with van der Waals surface area (Å²) in [6, 6.07) is 7.14. The van der Waals surface area contributed by atoms with E-state index in [-0.39, 0.29) is 12.1 Å². The molecule has 0 radical (unpaired) electrons. The predicted molar refractivity (Wildman–Crippen MR) is 113 cm³/mol. The number of hydrogen-bond donors (Lipinski definition) is 2. The van der Waals surface area contributed by atoms with Crippen molar-refractivity contribution in [1.82, 2.24) is 5.43 Å². The van der Waals surface area contributed by atoms with Gasteiger partial charge in [-0.3, -0.25) is 0 Å². The van der Waals surface area contributed by atoms with Crippen molar-refractivity contribution in [3.05, 3.63) is 29.8 Å². The number of ether oxygens (including phenoxy) is 1. The van der Waals surface area contributed by atoms with Crippen molar-refractivity contribution in [3.8, 4) is 0 Å². The van der Waals surface area contributed by atoms with Crippen molar-refractivity contribution in [2.24, 2.45) is 5.41 Å². The van der Waals surface area contributed by atoms with Gasteiger partial charge in [0.15, 0.2) is 0 Å². The second-order valence-electron chi connectivity index (χ2n) is 7.91. The lowest BCUT2D eigenvalue weighted by Gasteiger charge is -2.46. The quantitative estimate of drug-likeness (QED) is 0.289. The molecule has 1 fully saturated rings. The van der Waals surface area contributed by atoms with Crippen LogP contribution in [0, 0.1) is 5.41 Å². The van der Waals surface area contributed by atoms with E-state index in [4.69, 9.17) is 4.74 Å². The summed E-state index contributed by atoms with van der Waals surface area (Å²) in [5.74, 6) is 0. The minimum Gasteiger partial charge on any atom is -0.388 e. The van der Waals surface area contributed by atoms with Crippen LogP contribution < -0.4 is 9.84 Å². The molecule has 0 heterocycles. The van der Waals surface area contributed by atoms with Crippen LogP contribution in [-0.4, -0.2) is 33.1 Å². The Kier molecular flexibility index (Phi) is 8.74. The molecule has 0 bridgehead atoms. The lowest BCUT2D eigenvalue weighted by atomic mass is 9.61. The summed E-state index contributed by atoms with van der Waals surface area (Å²) >= 11 is 0. The zero-order chi connectivity index (χ0) is 20.6. The number of hydrogen-bond acceptors (Lipinski definition) is 5. The van der Waals surface area contributed by atoms with E-state index in [1.54, 1.807) is 12.1 Å². The summed E-state index contributed by atoms with van der Waals surface area (Å²) in [4.78, 5) is 0. The van der Waals surface area contributed by atoms with Crippen LogP contribution in [0.5, 0.6) is 0 Å². The number of benzene rings is 1. The highest BCUT2D eigenvalue weighted by atomic mass is 32.2. The Morgan fingerprint density at radius 2 is 1.86 bits per heavy atom. The zero-order valence-corrected chi connectivity index (χ0v) is 18.3. The summed E-state index contributed by atoms with van der Waals surface area (Å²) in [5, 5.41) is 10.9. The molecule has 160 valence electrons. The normalized spacial score (nSPS) is 17.1. The fourth-order valence-electron chi connectivity index (χ4n) is 3.97. The molecule has 1 aromatic carbocycles. The molecule has 0 amide bonds. The first kappa shape index (κ1) is 23.1. The average molecular weight is 413 g/mol. The van der Waals surface area contributed by atoms with Gasteiger partial charge < -0.3 is 9.84 Å². The molecule has 0 aliphatic heterocycles. The van der Waals surface area contributed by atoms with E-state index in [2.05, 4.69) is 19.3 Å². The van der Waals surface area contributed by atoms with Crippen molar-refractivity contribution in [1.29, 1.82) is 0 Å². The number of nitrogens with one attached hydrogen (secondary N) is 1. The molecular formula is C21H36N2O4S. The fourth-order valence-corrected chi connectivity index (χ4v) is 4.76. The first-order valence-electron chi connectivity index (χ1n) is 10.4. The minimum absolute atomic E-state index is 0.0165. The zero-order valence-electron chi connectivity index (χ0n) is 17.5. The van der Waals surface area contributed by atoms with E-state index in [9.17, 15) is 13.5 Å². The van der Waals surface area contributed by atoms with Gasteiger partial charge in [0.1, 0.15) is 6.73 Å². The van der Waals surface area contributed by atoms with Gasteiger partial charge in [-0.2, -0.15) is 5.43 Å². The molecule has 1 saturated carbocycles. The maximum atomic E-state index is 12.2. The third kappa shape index (κ3) is 5.92. The molecule has 1 aliphatic rings. The van der Waals surface area contributed by atoms with E-state index in [0.29, 0.717) is 12.3 Å². The van der Waals surface area contributed by atoms with Crippen molar-refractivity contribution in [3.63, 3.8) is 0 Å². The van der Waals surface area contributed by atoms with Gasteiger partial charge in [0.05, 0.1) is 18.0 Å². The van der Waals surface area contributed by atoms with E-state index >= 15 is 0 Å². The third-order valence-corrected chi connectivity index (χ3v) is 6.66. The van der Waals surface area contributed by atoms with Gasteiger partial charge in [-0.1, -0.05) is 51.7 Å². The molecule has 7 heteroatoms. The number of hydrazine groups is 1. The Morgan fingerprint density at radius 3 is 2.36 bits per heavy atom. The molecule has 0 aromatic heterocycles. The van der Waals surface area contributed by atoms with E-state index < -0.39 is 16.1 Å². The number of aliphatic hydroxyl groups excluding tert-OH is 1. The Labute approximate surface area is 170 Å². The Hall–Kier alpha value is -1.15. The Balaban J connectivity index is 2.03.